The maximum absolute atomic E-state index is 11.9. The molecule has 0 radical (unpaired) electrons. The van der Waals surface area contributed by atoms with Gasteiger partial charge in [0.1, 0.15) is 0 Å². The Morgan fingerprint density at radius 1 is 1.37 bits per heavy atom. The van der Waals surface area contributed by atoms with Gasteiger partial charge >= 0.3 is 0 Å². The van der Waals surface area contributed by atoms with E-state index in [-0.39, 0.29) is 11.8 Å². The smallest absolute Gasteiger partial charge is 0.228 e. The second-order valence-corrected chi connectivity index (χ2v) is 4.48. The molecule has 0 saturated carbocycles. The van der Waals surface area contributed by atoms with Crippen molar-refractivity contribution in [1.29, 1.82) is 0 Å². The zero-order chi connectivity index (χ0) is 13.2. The Labute approximate surface area is 111 Å². The van der Waals surface area contributed by atoms with Crippen LogP contribution >= 0.6 is 0 Å². The van der Waals surface area contributed by atoms with E-state index in [0.29, 0.717) is 18.7 Å². The number of carbonyl (C=O) groups excluding carboxylic acids is 1. The summed E-state index contributed by atoms with van der Waals surface area (Å²) in [6.07, 6.45) is 8.86. The van der Waals surface area contributed by atoms with E-state index in [0.717, 1.165) is 11.3 Å². The van der Waals surface area contributed by atoms with Gasteiger partial charge in [-0.05, 0) is 24.3 Å². The lowest BCUT2D eigenvalue weighted by Crippen LogP contribution is -2.24. The largest absolute Gasteiger partial charge is 0.444 e. The fourth-order valence-corrected chi connectivity index (χ4v) is 2.23. The summed E-state index contributed by atoms with van der Waals surface area (Å²) < 4.78 is 5.22. The van der Waals surface area contributed by atoms with Crippen LogP contribution in [-0.2, 0) is 4.79 Å². The minimum Gasteiger partial charge on any atom is -0.444 e. The summed E-state index contributed by atoms with van der Waals surface area (Å²) >= 11 is 0. The number of benzene rings is 1. The van der Waals surface area contributed by atoms with Crippen LogP contribution in [0.2, 0.25) is 0 Å². The molecular formula is C15H12N2O2. The third-order valence-corrected chi connectivity index (χ3v) is 3.26. The van der Waals surface area contributed by atoms with Gasteiger partial charge in [0.15, 0.2) is 12.2 Å². The third kappa shape index (κ3) is 2.11. The van der Waals surface area contributed by atoms with E-state index in [1.165, 1.54) is 6.39 Å². The Morgan fingerprint density at radius 2 is 2.16 bits per heavy atom. The van der Waals surface area contributed by atoms with Gasteiger partial charge in [-0.25, -0.2) is 4.98 Å². The monoisotopic (exact) mass is 252 g/mol. The molecule has 1 aromatic heterocycles. The van der Waals surface area contributed by atoms with Crippen LogP contribution in [0.5, 0.6) is 0 Å². The Balaban J connectivity index is 1.84. The first kappa shape index (κ1) is 11.5. The van der Waals surface area contributed by atoms with Crippen molar-refractivity contribution in [1.82, 2.24) is 4.98 Å². The van der Waals surface area contributed by atoms with Crippen LogP contribution < -0.4 is 4.90 Å². The second kappa shape index (κ2) is 4.62. The van der Waals surface area contributed by atoms with Gasteiger partial charge < -0.3 is 9.32 Å². The number of terminal acetylenes is 1. The SMILES string of the molecule is C#CC1CC(=O)N(c2ccc(-c3cnco3)cc2)C1. The van der Waals surface area contributed by atoms with Crippen LogP contribution in [0.25, 0.3) is 11.3 Å². The fraction of sp³-hybridized carbons (Fsp3) is 0.200. The number of hydrogen-bond acceptors (Lipinski definition) is 3. The normalized spacial score (nSPS) is 18.6. The molecule has 0 aliphatic carbocycles. The van der Waals surface area contributed by atoms with E-state index in [1.54, 1.807) is 11.1 Å². The molecule has 4 heteroatoms. The van der Waals surface area contributed by atoms with Gasteiger partial charge in [0, 0.05) is 30.1 Å². The van der Waals surface area contributed by atoms with E-state index in [9.17, 15) is 4.79 Å². The van der Waals surface area contributed by atoms with Crippen molar-refractivity contribution in [3.63, 3.8) is 0 Å². The van der Waals surface area contributed by atoms with Gasteiger partial charge in [0.25, 0.3) is 0 Å². The molecule has 0 spiro atoms. The van der Waals surface area contributed by atoms with Gasteiger partial charge in [-0.2, -0.15) is 0 Å². The molecule has 1 aliphatic rings. The molecule has 1 unspecified atom stereocenters. The molecule has 1 saturated heterocycles. The highest BCUT2D eigenvalue weighted by Crippen LogP contribution is 2.27. The summed E-state index contributed by atoms with van der Waals surface area (Å²) in [5.41, 5.74) is 1.80. The Hall–Kier alpha value is -2.54. The minimum absolute atomic E-state index is 0.0152. The summed E-state index contributed by atoms with van der Waals surface area (Å²) in [7, 11) is 0. The topological polar surface area (TPSA) is 46.3 Å². The van der Waals surface area contributed by atoms with E-state index >= 15 is 0 Å². The molecule has 1 fully saturated rings. The number of oxazole rings is 1. The third-order valence-electron chi connectivity index (χ3n) is 3.26. The second-order valence-electron chi connectivity index (χ2n) is 4.48. The van der Waals surface area contributed by atoms with Crippen molar-refractivity contribution in [2.45, 2.75) is 6.42 Å². The minimum atomic E-state index is 0.0152. The zero-order valence-corrected chi connectivity index (χ0v) is 10.2. The summed E-state index contributed by atoms with van der Waals surface area (Å²) in [6, 6.07) is 7.61. The Kier molecular flexibility index (Phi) is 2.81. The average molecular weight is 252 g/mol. The summed E-state index contributed by atoms with van der Waals surface area (Å²) in [6.45, 7) is 0.594. The highest BCUT2D eigenvalue weighted by molar-refractivity contribution is 5.96. The van der Waals surface area contributed by atoms with Crippen molar-refractivity contribution >= 4 is 11.6 Å². The molecule has 0 bridgehead atoms. The van der Waals surface area contributed by atoms with Crippen molar-refractivity contribution in [2.24, 2.45) is 5.92 Å². The van der Waals surface area contributed by atoms with Crippen molar-refractivity contribution in [3.8, 4) is 23.7 Å². The van der Waals surface area contributed by atoms with Crippen LogP contribution in [0.1, 0.15) is 6.42 Å². The average Bonchev–Trinajstić information content (AvgIpc) is 3.08. The maximum Gasteiger partial charge on any atom is 0.228 e. The molecule has 1 aliphatic heterocycles. The molecule has 19 heavy (non-hydrogen) atoms. The molecule has 1 aromatic carbocycles. The first-order valence-corrected chi connectivity index (χ1v) is 6.03. The van der Waals surface area contributed by atoms with E-state index < -0.39 is 0 Å². The van der Waals surface area contributed by atoms with Crippen molar-refractivity contribution in [3.05, 3.63) is 36.9 Å². The quantitative estimate of drug-likeness (QED) is 0.771. The van der Waals surface area contributed by atoms with Crippen molar-refractivity contribution in [2.75, 3.05) is 11.4 Å². The Bertz CT molecular complexity index is 623. The summed E-state index contributed by atoms with van der Waals surface area (Å²) in [5.74, 6) is 3.45. The predicted molar refractivity (Wildman–Crippen MR) is 71.2 cm³/mol. The molecule has 3 rings (SSSR count). The molecule has 2 aromatic rings. The van der Waals surface area contributed by atoms with Crippen LogP contribution in [0.3, 0.4) is 0 Å². The lowest BCUT2D eigenvalue weighted by molar-refractivity contribution is -0.117. The van der Waals surface area contributed by atoms with Gasteiger partial charge in [-0.3, -0.25) is 4.79 Å². The lowest BCUT2D eigenvalue weighted by atomic mass is 10.1. The number of nitrogens with zero attached hydrogens (tertiary/aromatic N) is 2. The molecule has 94 valence electrons. The highest BCUT2D eigenvalue weighted by atomic mass is 16.3. The van der Waals surface area contributed by atoms with E-state index in [4.69, 9.17) is 10.8 Å². The van der Waals surface area contributed by atoms with Gasteiger partial charge in [0.2, 0.25) is 5.91 Å². The first-order chi connectivity index (χ1) is 9.28. The van der Waals surface area contributed by atoms with Gasteiger partial charge in [-0.1, -0.05) is 0 Å². The molecular weight excluding hydrogens is 240 g/mol. The number of aromatic nitrogens is 1. The number of carbonyl (C=O) groups is 1. The Morgan fingerprint density at radius 3 is 2.74 bits per heavy atom. The van der Waals surface area contributed by atoms with Gasteiger partial charge in [0.05, 0.1) is 6.20 Å². The van der Waals surface area contributed by atoms with Crippen molar-refractivity contribution < 1.29 is 9.21 Å². The van der Waals surface area contributed by atoms with Gasteiger partial charge in [-0.15, -0.1) is 12.3 Å². The number of hydrogen-bond donors (Lipinski definition) is 0. The molecule has 4 nitrogen and oxygen atoms in total. The van der Waals surface area contributed by atoms with Crippen LogP contribution in [0, 0.1) is 18.3 Å². The summed E-state index contributed by atoms with van der Waals surface area (Å²) in [5, 5.41) is 0. The number of rotatable bonds is 2. The van der Waals surface area contributed by atoms with E-state index in [1.807, 2.05) is 24.3 Å². The van der Waals surface area contributed by atoms with Crippen LogP contribution in [-0.4, -0.2) is 17.4 Å². The maximum atomic E-state index is 11.9. The lowest BCUT2D eigenvalue weighted by Gasteiger charge is -2.16. The summed E-state index contributed by atoms with van der Waals surface area (Å²) in [4.78, 5) is 17.5. The van der Waals surface area contributed by atoms with E-state index in [2.05, 4.69) is 10.9 Å². The number of amides is 1. The highest BCUT2D eigenvalue weighted by Gasteiger charge is 2.29. The molecule has 1 atom stereocenters. The molecule has 1 amide bonds. The zero-order valence-electron chi connectivity index (χ0n) is 10.2. The molecule has 2 heterocycles. The molecule has 0 N–H and O–H groups in total. The van der Waals surface area contributed by atoms with Crippen LogP contribution in [0.15, 0.2) is 41.3 Å². The fourth-order valence-electron chi connectivity index (χ4n) is 2.23. The van der Waals surface area contributed by atoms with Crippen LogP contribution in [0.4, 0.5) is 5.69 Å². The first-order valence-electron chi connectivity index (χ1n) is 6.03. The number of anilines is 1. The predicted octanol–water partition coefficient (Wildman–Crippen LogP) is 2.33. The standard InChI is InChI=1S/C15H12N2O2/c1-2-11-7-15(18)17(9-11)13-5-3-12(4-6-13)14-8-16-10-19-14/h1,3-6,8,10-11H,7,9H2.